The smallest absolute Gasteiger partial charge is 0.340 e. The molecule has 6 fully saturated rings. The number of nitrogens with two attached hydrogens (primary N) is 2. The van der Waals surface area contributed by atoms with Gasteiger partial charge in [0.25, 0.3) is 0 Å². The number of nitrogen functional groups attached to an aromatic ring is 2. The Bertz CT molecular complexity index is 4530. The van der Waals surface area contributed by atoms with Crippen molar-refractivity contribution in [2.24, 2.45) is 35.5 Å². The Balaban J connectivity index is 0.000000187. The van der Waals surface area contributed by atoms with E-state index in [-0.39, 0.29) is 63.9 Å². The van der Waals surface area contributed by atoms with Crippen LogP contribution in [0.25, 0.3) is 28.1 Å². The summed E-state index contributed by atoms with van der Waals surface area (Å²) in [5, 5.41) is 8.94. The highest BCUT2D eigenvalue weighted by Crippen LogP contribution is 2.41. The number of esters is 4. The normalized spacial score (nSPS) is 18.7. The summed E-state index contributed by atoms with van der Waals surface area (Å²) >= 11 is 3.16. The number of hydrogen-bond donors (Lipinski definition) is 3. The summed E-state index contributed by atoms with van der Waals surface area (Å²) in [4.78, 5) is 84.5. The molecule has 4 saturated carbocycles. The maximum absolute atomic E-state index is 14.4. The van der Waals surface area contributed by atoms with E-state index in [2.05, 4.69) is 127 Å². The highest BCUT2D eigenvalue weighted by atomic mass is 79.9. The second-order valence-corrected chi connectivity index (χ2v) is 33.6. The largest absolute Gasteiger partial charge is 0.466 e. The van der Waals surface area contributed by atoms with Crippen LogP contribution < -0.4 is 11.5 Å². The van der Waals surface area contributed by atoms with E-state index in [1.54, 1.807) is 24.8 Å². The number of benzene rings is 5. The van der Waals surface area contributed by atoms with Crippen molar-refractivity contribution in [3.05, 3.63) is 207 Å². The second kappa shape index (κ2) is 56.1. The third-order valence-electron chi connectivity index (χ3n) is 23.3. The number of carbonyl (C=O) groups excluding carboxylic acids is 6. The van der Waals surface area contributed by atoms with Gasteiger partial charge < -0.3 is 68.7 Å². The fraction of sp³-hybridized carbons (Fsp3) is 0.520. The number of nitrogens with zero attached hydrogens (tertiary/aromatic N) is 4. The zero-order valence-electron chi connectivity index (χ0n) is 75.0. The molecule has 2 aromatic heterocycles. The summed E-state index contributed by atoms with van der Waals surface area (Å²) in [7, 11) is 2.40. The Morgan fingerprint density at radius 1 is 0.488 bits per heavy atom. The highest BCUT2D eigenvalue weighted by molar-refractivity contribution is 9.10. The maximum Gasteiger partial charge on any atom is 0.340 e. The minimum absolute atomic E-state index is 0.0253. The van der Waals surface area contributed by atoms with E-state index in [4.69, 9.17) is 59.2 Å². The number of unbranched alkanes of at least 4 members (excludes halogenated alkanes) is 1. The van der Waals surface area contributed by atoms with E-state index in [1.165, 1.54) is 99.5 Å². The quantitative estimate of drug-likeness (QED) is 0.0304. The summed E-state index contributed by atoms with van der Waals surface area (Å²) < 4.78 is 87.3. The Kier molecular flexibility index (Phi) is 45.5. The van der Waals surface area contributed by atoms with Crippen molar-refractivity contribution in [2.75, 3.05) is 91.8 Å². The zero-order valence-corrected chi connectivity index (χ0v) is 76.6. The van der Waals surface area contributed by atoms with Crippen molar-refractivity contribution in [3.8, 4) is 22.5 Å². The number of hydrogen-bond acceptors (Lipinski definition) is 24. The van der Waals surface area contributed by atoms with E-state index in [0.717, 1.165) is 147 Å². The molecule has 2 saturated heterocycles. The van der Waals surface area contributed by atoms with Gasteiger partial charge in [-0.2, -0.15) is 0 Å². The molecule has 0 amide bonds. The van der Waals surface area contributed by atoms with Gasteiger partial charge in [-0.25, -0.2) is 38.3 Å². The molecule has 8 aliphatic rings. The maximum atomic E-state index is 14.4. The van der Waals surface area contributed by atoms with Crippen molar-refractivity contribution in [1.29, 1.82) is 0 Å². The number of Topliss-reactive ketones (excluding diaryl/α,β-unsaturated/α-hetero) is 2. The van der Waals surface area contributed by atoms with Gasteiger partial charge in [0.2, 0.25) is 0 Å². The van der Waals surface area contributed by atoms with Crippen molar-refractivity contribution in [1.82, 2.24) is 19.9 Å². The van der Waals surface area contributed by atoms with E-state index in [0.29, 0.717) is 129 Å². The summed E-state index contributed by atoms with van der Waals surface area (Å²) in [6.45, 7) is 18.7. The van der Waals surface area contributed by atoms with Crippen LogP contribution in [0, 0.1) is 47.1 Å². The molecule has 0 radical (unpaired) electrons. The van der Waals surface area contributed by atoms with Crippen LogP contribution in [0.4, 0.5) is 20.4 Å². The first kappa shape index (κ1) is 103. The van der Waals surface area contributed by atoms with Gasteiger partial charge in [0.15, 0.2) is 11.6 Å². The molecule has 690 valence electrons. The summed E-state index contributed by atoms with van der Waals surface area (Å²) in [6, 6.07) is 38.9. The summed E-state index contributed by atoms with van der Waals surface area (Å²) in [6.07, 6.45) is 30.0. The average molecular weight is 1820 g/mol. The molecular weight excluding hydrogens is 1690 g/mol. The lowest BCUT2D eigenvalue weighted by Crippen LogP contribution is -2.37. The van der Waals surface area contributed by atoms with Crippen LogP contribution in [-0.4, -0.2) is 152 Å². The lowest BCUT2D eigenvalue weighted by Gasteiger charge is -2.34. The topological polar surface area (TPSA) is 328 Å². The summed E-state index contributed by atoms with van der Waals surface area (Å²) in [5.41, 5.74) is 20.0. The molecule has 2 unspecified atom stereocenters. The van der Waals surface area contributed by atoms with Gasteiger partial charge in [0.1, 0.15) is 50.8 Å². The average Bonchev–Trinajstić information content (AvgIpc) is 1.14. The molecule has 15 rings (SSSR count). The number of ether oxygens (including phenoxy) is 11. The van der Waals surface area contributed by atoms with Crippen LogP contribution in [0.2, 0.25) is 0 Å². The van der Waals surface area contributed by atoms with Gasteiger partial charge in [0, 0.05) is 75.7 Å². The fourth-order valence-electron chi connectivity index (χ4n) is 15.5. The molecule has 5 aromatic carbocycles. The number of aromatic nitrogens is 4. The monoisotopic (exact) mass is 1820 g/mol. The molecule has 127 heavy (non-hydrogen) atoms. The van der Waals surface area contributed by atoms with Gasteiger partial charge in [-0.15, -0.1) is 0 Å². The number of halogens is 3. The van der Waals surface area contributed by atoms with Crippen LogP contribution in [0.15, 0.2) is 162 Å². The van der Waals surface area contributed by atoms with Gasteiger partial charge >= 0.3 is 23.9 Å². The van der Waals surface area contributed by atoms with Gasteiger partial charge in [0.05, 0.1) is 128 Å². The Morgan fingerprint density at radius 2 is 0.882 bits per heavy atom. The Labute approximate surface area is 756 Å². The number of anilines is 2. The van der Waals surface area contributed by atoms with Crippen LogP contribution >= 0.6 is 15.9 Å². The standard InChI is InChI=1S/C26H26FN3O3.C15H20O.C14H18O2.C12H9BrFN3O2.C11H18O4.C9H16O3.C9H14O3.C4H10/c1-32-26(31)21-12-11-20(13-22(21)27)24-25(28)29-14-23(30-24)19-9-7-18(8-10-19)16-33-15-17-5-3-2-4-6-17;1-13-7-9-15(10-8-13)12-16-11-14-5-3-2-4-6-14;15-14-8-6-13(7-9-14)11-16-10-12-4-2-1-3-5-12;1-19-12(18)7-3-2-6(4-8(7)14)10-11(15)16-5-9(13)17-10;1-2-13-10(12)9-3-5-11(6-4-9)14-7-8-15-11;10-7-8-1-3-9(4-2-8)11-5-6-12-9;1-2-12-9(11)7-3-5-8(10)6-4-7;1-3-4-2/h2-6,9,11-14,18H,7-8,10,15-16H2,1H3,(H2,28,29);2-7,15H,8-12H2,1H3;1-5,13H,6-11H2;2-5H,1H3,(H2,15,16);9H,2-8H2,1H3;8,10H,1-7H2;7H,2-6H2,1H3;3-4H2,1-2H3. The van der Waals surface area contributed by atoms with Crippen LogP contribution in [0.1, 0.15) is 232 Å². The Morgan fingerprint density at radius 3 is 1.28 bits per heavy atom. The first-order valence-corrected chi connectivity index (χ1v) is 45.7. The number of carbonyl (C=O) groups is 6. The molecular formula is C100H131BrF2N6O18. The van der Waals surface area contributed by atoms with Crippen molar-refractivity contribution in [3.63, 3.8) is 0 Å². The van der Waals surface area contributed by atoms with E-state index >= 15 is 0 Å². The number of allylic oxidation sites excluding steroid dienone is 4. The number of methoxy groups -OCH3 is 2. The molecule has 24 nitrogen and oxygen atoms in total. The van der Waals surface area contributed by atoms with E-state index in [9.17, 15) is 37.5 Å². The van der Waals surface area contributed by atoms with E-state index < -0.39 is 23.6 Å². The first-order chi connectivity index (χ1) is 61.5. The number of rotatable bonds is 23. The molecule has 5 N–H and O–H groups in total. The van der Waals surface area contributed by atoms with Crippen molar-refractivity contribution >= 4 is 68.6 Å². The predicted molar refractivity (Wildman–Crippen MR) is 487 cm³/mol. The molecule has 2 spiro atoms. The zero-order chi connectivity index (χ0) is 91.2. The Hall–Kier alpha value is -9.42. The van der Waals surface area contributed by atoms with Gasteiger partial charge in [-0.1, -0.05) is 148 Å². The lowest BCUT2D eigenvalue weighted by molar-refractivity contribution is -0.187. The fourth-order valence-corrected chi connectivity index (χ4v) is 15.7. The molecule has 7 aromatic rings. The number of ketones is 2. The molecule has 6 aliphatic carbocycles. The van der Waals surface area contributed by atoms with Crippen LogP contribution in [0.5, 0.6) is 0 Å². The third-order valence-corrected chi connectivity index (χ3v) is 23.7. The molecule has 4 heterocycles. The van der Waals surface area contributed by atoms with Gasteiger partial charge in [-0.05, 0) is 197 Å². The SMILES string of the molecule is CC1=CCC(COCc2ccccc2)CC1.CCCC.CCOC(=O)C1CCC(=O)CC1.CCOC(=O)C1CCC2(CC1)OCCO2.COC(=O)c1ccc(-c2nc(Br)cnc2N)cc1F.COC(=O)c1ccc(-c2nc(C3=CCC(COCc4ccccc4)CC3)cnc2N)cc1F.O=C1CCC(COCc2ccccc2)CC1.OCC1CCC2(CC1)OCCO2. The third kappa shape index (κ3) is 35.5. The number of aliphatic hydroxyl groups excluding tert-OH is 1. The lowest BCUT2D eigenvalue weighted by atomic mass is 9.85. The predicted octanol–water partition coefficient (Wildman–Crippen LogP) is 19.9. The highest BCUT2D eigenvalue weighted by Gasteiger charge is 2.43. The molecule has 2 atom stereocenters. The van der Waals surface area contributed by atoms with E-state index in [1.807, 2.05) is 49.4 Å². The minimum atomic E-state index is -0.739. The van der Waals surface area contributed by atoms with Crippen molar-refractivity contribution < 1.29 is 94.8 Å². The van der Waals surface area contributed by atoms with Crippen LogP contribution in [-0.2, 0) is 91.1 Å². The molecule has 27 heteroatoms. The van der Waals surface area contributed by atoms with Crippen molar-refractivity contribution in [2.45, 2.75) is 220 Å². The molecule has 2 aliphatic heterocycles. The van der Waals surface area contributed by atoms with Gasteiger partial charge in [-0.3, -0.25) is 19.2 Å². The minimum Gasteiger partial charge on any atom is -0.466 e. The first-order valence-electron chi connectivity index (χ1n) is 44.9. The van der Waals surface area contributed by atoms with Crippen LogP contribution in [0.3, 0.4) is 0 Å². The molecule has 0 bridgehead atoms. The second-order valence-electron chi connectivity index (χ2n) is 32.8. The summed E-state index contributed by atoms with van der Waals surface area (Å²) in [5.74, 6) is -0.368. The number of aliphatic hydroxyl groups is 1.